The summed E-state index contributed by atoms with van der Waals surface area (Å²) in [5, 5.41) is 11.8. The number of hydrogen-bond acceptors (Lipinski definition) is 7. The second kappa shape index (κ2) is 11.0. The van der Waals surface area contributed by atoms with Crippen LogP contribution in [0.4, 0.5) is 0 Å². The molecule has 6 rings (SSSR count). The maximum absolute atomic E-state index is 13.9. The molecule has 1 aliphatic rings. The summed E-state index contributed by atoms with van der Waals surface area (Å²) in [6.45, 7) is 0.477. The van der Waals surface area contributed by atoms with Crippen LogP contribution in [0.2, 0.25) is 0 Å². The number of aliphatic hydroxyl groups excluding tert-OH is 1. The zero-order valence-corrected chi connectivity index (χ0v) is 22.2. The number of aromatic nitrogens is 1. The average Bonchev–Trinajstić information content (AvgIpc) is 3.56. The topological polar surface area (TPSA) is 102 Å². The molecule has 3 aromatic carbocycles. The molecule has 5 aromatic rings. The molecule has 1 N–H and O–H groups in total. The molecule has 1 atom stereocenters. The van der Waals surface area contributed by atoms with E-state index in [1.807, 2.05) is 48.5 Å². The third-order valence-electron chi connectivity index (χ3n) is 7.04. The normalized spacial score (nSPS) is 15.0. The number of methoxy groups -OCH3 is 1. The van der Waals surface area contributed by atoms with Gasteiger partial charge in [-0.05, 0) is 53.1 Å². The first-order valence-corrected chi connectivity index (χ1v) is 13.0. The summed E-state index contributed by atoms with van der Waals surface area (Å²) in [4.78, 5) is 32.8. The Morgan fingerprint density at radius 3 is 2.44 bits per heavy atom. The van der Waals surface area contributed by atoms with Gasteiger partial charge in [0.25, 0.3) is 5.91 Å². The van der Waals surface area contributed by atoms with E-state index < -0.39 is 23.5 Å². The number of ketones is 1. The molecule has 0 saturated heterocycles. The fourth-order valence-electron chi connectivity index (χ4n) is 5.02. The number of Topliss-reactive ketones (excluding diaryl/α,β-unsaturated/α-hetero) is 1. The first-order chi connectivity index (χ1) is 20.0. The van der Waals surface area contributed by atoms with Gasteiger partial charge in [-0.15, -0.1) is 0 Å². The highest BCUT2D eigenvalue weighted by Crippen LogP contribution is 2.43. The van der Waals surface area contributed by atoms with E-state index >= 15 is 0 Å². The van der Waals surface area contributed by atoms with Gasteiger partial charge in [0.15, 0.2) is 23.0 Å². The highest BCUT2D eigenvalue weighted by atomic mass is 16.5. The molecule has 0 aliphatic carbocycles. The van der Waals surface area contributed by atoms with E-state index in [-0.39, 0.29) is 17.9 Å². The van der Waals surface area contributed by atoms with E-state index in [0.717, 1.165) is 16.5 Å². The molecule has 41 heavy (non-hydrogen) atoms. The fourth-order valence-corrected chi connectivity index (χ4v) is 5.02. The van der Waals surface area contributed by atoms with Gasteiger partial charge >= 0.3 is 0 Å². The van der Waals surface area contributed by atoms with Crippen LogP contribution in [0, 0.1) is 0 Å². The summed E-state index contributed by atoms with van der Waals surface area (Å²) in [6, 6.07) is 26.5. The van der Waals surface area contributed by atoms with Crippen LogP contribution in [0.3, 0.4) is 0 Å². The van der Waals surface area contributed by atoms with Crippen molar-refractivity contribution in [1.82, 2.24) is 9.88 Å². The monoisotopic (exact) mass is 546 g/mol. The minimum atomic E-state index is -0.909. The van der Waals surface area contributed by atoms with Crippen LogP contribution >= 0.6 is 0 Å². The SMILES string of the molecule is COc1cc(C2C(C(=O)c3cc4ccccc4o3)=C(O)C(=O)N2Cc2ccncc2)ccc1OCc1ccccc1. The van der Waals surface area contributed by atoms with Crippen LogP contribution in [0.1, 0.15) is 33.3 Å². The second-order valence-electron chi connectivity index (χ2n) is 9.62. The van der Waals surface area contributed by atoms with E-state index in [1.54, 1.807) is 54.9 Å². The van der Waals surface area contributed by atoms with Crippen molar-refractivity contribution >= 4 is 22.7 Å². The number of carbonyl (C=O) groups excluding carboxylic acids is 2. The van der Waals surface area contributed by atoms with Crippen LogP contribution in [0.15, 0.2) is 119 Å². The Kier molecular flexibility index (Phi) is 6.95. The molecule has 8 nitrogen and oxygen atoms in total. The standard InChI is InChI=1S/C33H26N2O6/c1-39-27-18-24(11-12-26(27)40-20-22-7-3-2-4-8-22)30-29(31(36)28-17-23-9-5-6-10-25(23)41-28)32(37)33(38)35(30)19-21-13-15-34-16-14-21/h2-18,30,37H,19-20H2,1H3. The number of ether oxygens (including phenoxy) is 2. The number of furan rings is 1. The molecule has 2 aromatic heterocycles. The number of para-hydroxylation sites is 1. The number of hydrogen-bond donors (Lipinski definition) is 1. The van der Waals surface area contributed by atoms with E-state index in [4.69, 9.17) is 13.9 Å². The molecule has 3 heterocycles. The molecule has 204 valence electrons. The summed E-state index contributed by atoms with van der Waals surface area (Å²) in [5.41, 5.74) is 2.82. The molecule has 0 bridgehead atoms. The predicted octanol–water partition coefficient (Wildman–Crippen LogP) is 6.19. The molecule has 0 radical (unpaired) electrons. The van der Waals surface area contributed by atoms with Gasteiger partial charge in [0.05, 0.1) is 18.7 Å². The summed E-state index contributed by atoms with van der Waals surface area (Å²) in [5.74, 6) is -0.878. The number of amides is 1. The second-order valence-corrected chi connectivity index (χ2v) is 9.62. The molecule has 1 amide bonds. The predicted molar refractivity (Wildman–Crippen MR) is 151 cm³/mol. The van der Waals surface area contributed by atoms with Crippen molar-refractivity contribution in [2.75, 3.05) is 7.11 Å². The Morgan fingerprint density at radius 2 is 1.68 bits per heavy atom. The highest BCUT2D eigenvalue weighted by molar-refractivity contribution is 6.16. The zero-order chi connectivity index (χ0) is 28.3. The third kappa shape index (κ3) is 5.03. The van der Waals surface area contributed by atoms with Crippen molar-refractivity contribution in [3.05, 3.63) is 137 Å². The van der Waals surface area contributed by atoms with Gasteiger partial charge in [0.2, 0.25) is 5.78 Å². The molecule has 0 saturated carbocycles. The number of nitrogens with zero attached hydrogens (tertiary/aromatic N) is 2. The number of pyridine rings is 1. The Hall–Kier alpha value is -5.37. The minimum absolute atomic E-state index is 0.0334. The van der Waals surface area contributed by atoms with E-state index in [0.29, 0.717) is 29.3 Å². The average molecular weight is 547 g/mol. The number of benzene rings is 3. The Morgan fingerprint density at radius 1 is 0.927 bits per heavy atom. The zero-order valence-electron chi connectivity index (χ0n) is 22.2. The van der Waals surface area contributed by atoms with Gasteiger partial charge in [-0.2, -0.15) is 0 Å². The summed E-state index contributed by atoms with van der Waals surface area (Å²) in [7, 11) is 1.52. The Labute approximate surface area is 236 Å². The van der Waals surface area contributed by atoms with Crippen molar-refractivity contribution in [3.63, 3.8) is 0 Å². The summed E-state index contributed by atoms with van der Waals surface area (Å²) >= 11 is 0. The van der Waals surface area contributed by atoms with Crippen LogP contribution in [-0.2, 0) is 17.9 Å². The molecular formula is C33H26N2O6. The van der Waals surface area contributed by atoms with E-state index in [2.05, 4.69) is 4.98 Å². The third-order valence-corrected chi connectivity index (χ3v) is 7.04. The Bertz CT molecular complexity index is 1730. The van der Waals surface area contributed by atoms with Crippen LogP contribution in [-0.4, -0.2) is 33.8 Å². The maximum Gasteiger partial charge on any atom is 0.290 e. The van der Waals surface area contributed by atoms with Gasteiger partial charge in [-0.25, -0.2) is 0 Å². The molecule has 1 unspecified atom stereocenters. The smallest absolute Gasteiger partial charge is 0.290 e. The van der Waals surface area contributed by atoms with Crippen molar-refractivity contribution in [2.45, 2.75) is 19.2 Å². The molecular weight excluding hydrogens is 520 g/mol. The number of rotatable bonds is 9. The van der Waals surface area contributed by atoms with Gasteiger partial charge in [0.1, 0.15) is 12.2 Å². The molecule has 0 spiro atoms. The lowest BCUT2D eigenvalue weighted by molar-refractivity contribution is -0.130. The van der Waals surface area contributed by atoms with E-state index in [9.17, 15) is 14.7 Å². The first kappa shape index (κ1) is 25.9. The summed E-state index contributed by atoms with van der Waals surface area (Å²) in [6.07, 6.45) is 3.25. The quantitative estimate of drug-likeness (QED) is 0.220. The molecule has 1 aliphatic heterocycles. The Balaban J connectivity index is 1.39. The summed E-state index contributed by atoms with van der Waals surface area (Å²) < 4.78 is 17.5. The lowest BCUT2D eigenvalue weighted by Crippen LogP contribution is -2.30. The van der Waals surface area contributed by atoms with Crippen molar-refractivity contribution in [3.8, 4) is 11.5 Å². The highest BCUT2D eigenvalue weighted by Gasteiger charge is 2.44. The van der Waals surface area contributed by atoms with Crippen molar-refractivity contribution in [1.29, 1.82) is 0 Å². The number of fused-ring (bicyclic) bond motifs is 1. The molecule has 0 fully saturated rings. The van der Waals surface area contributed by atoms with Gasteiger partial charge < -0.3 is 23.9 Å². The number of carbonyl (C=O) groups is 2. The van der Waals surface area contributed by atoms with Crippen molar-refractivity contribution in [2.24, 2.45) is 0 Å². The van der Waals surface area contributed by atoms with Crippen molar-refractivity contribution < 1.29 is 28.6 Å². The van der Waals surface area contributed by atoms with Gasteiger partial charge in [-0.3, -0.25) is 14.6 Å². The fraction of sp³-hybridized carbons (Fsp3) is 0.121. The molecule has 8 heteroatoms. The van der Waals surface area contributed by atoms with Crippen LogP contribution in [0.25, 0.3) is 11.0 Å². The van der Waals surface area contributed by atoms with Gasteiger partial charge in [-0.1, -0.05) is 54.6 Å². The largest absolute Gasteiger partial charge is 0.503 e. The minimum Gasteiger partial charge on any atom is -0.503 e. The van der Waals surface area contributed by atoms with E-state index in [1.165, 1.54) is 12.0 Å². The maximum atomic E-state index is 13.9. The lowest BCUT2D eigenvalue weighted by atomic mass is 9.94. The first-order valence-electron chi connectivity index (χ1n) is 13.0. The van der Waals surface area contributed by atoms with Crippen LogP contribution < -0.4 is 9.47 Å². The van der Waals surface area contributed by atoms with Gasteiger partial charge in [0, 0.05) is 24.3 Å². The van der Waals surface area contributed by atoms with Crippen LogP contribution in [0.5, 0.6) is 11.5 Å². The number of aliphatic hydroxyl groups is 1. The lowest BCUT2D eigenvalue weighted by Gasteiger charge is -2.27.